The number of benzene rings is 2. The first-order valence-corrected chi connectivity index (χ1v) is 12.4. The van der Waals surface area contributed by atoms with Crippen molar-refractivity contribution in [3.8, 4) is 17.4 Å². The molecule has 4 heterocycles. The second-order valence-electron chi connectivity index (χ2n) is 9.72. The zero-order valence-electron chi connectivity index (χ0n) is 21.6. The van der Waals surface area contributed by atoms with E-state index in [2.05, 4.69) is 30.4 Å². The molecule has 10 nitrogen and oxygen atoms in total. The number of nitrogens with zero attached hydrogens (tertiary/aromatic N) is 7. The Morgan fingerprint density at radius 1 is 1.00 bits per heavy atom. The van der Waals surface area contributed by atoms with Crippen molar-refractivity contribution in [3.63, 3.8) is 0 Å². The number of likely N-dealkylation sites (tertiary alicyclic amines) is 1. The molecule has 1 atom stereocenters. The van der Waals surface area contributed by atoms with E-state index in [0.29, 0.717) is 46.3 Å². The number of aryl methyl sites for hydroxylation is 2. The molecule has 1 N–H and O–H groups in total. The molecule has 6 rings (SSSR count). The number of halogens is 2. The van der Waals surface area contributed by atoms with E-state index in [9.17, 15) is 8.78 Å². The third-order valence-corrected chi connectivity index (χ3v) is 6.74. The van der Waals surface area contributed by atoms with Crippen molar-refractivity contribution in [1.82, 2.24) is 34.4 Å². The largest absolute Gasteiger partial charge is 0.483 e. The molecule has 0 spiro atoms. The zero-order chi connectivity index (χ0) is 27.1. The topological polar surface area (TPSA) is 103 Å². The van der Waals surface area contributed by atoms with Crippen LogP contribution in [-0.4, -0.2) is 66.6 Å². The first-order valence-electron chi connectivity index (χ1n) is 12.4. The van der Waals surface area contributed by atoms with Crippen molar-refractivity contribution in [3.05, 3.63) is 66.5 Å². The highest BCUT2D eigenvalue weighted by Gasteiger charge is 2.45. The minimum atomic E-state index is -2.98. The summed E-state index contributed by atoms with van der Waals surface area (Å²) in [5, 5.41) is 7.90. The van der Waals surface area contributed by atoms with Gasteiger partial charge in [-0.1, -0.05) is 6.07 Å². The Hall–Kier alpha value is -4.45. The molecule has 1 saturated heterocycles. The number of nitrogens with one attached hydrogen (secondary N) is 1. The molecular formula is C27H26F2N8O2. The van der Waals surface area contributed by atoms with Crippen LogP contribution in [0.1, 0.15) is 17.5 Å². The van der Waals surface area contributed by atoms with Gasteiger partial charge in [0, 0.05) is 24.7 Å². The summed E-state index contributed by atoms with van der Waals surface area (Å²) in [7, 11) is 1.69. The van der Waals surface area contributed by atoms with Crippen molar-refractivity contribution in [2.24, 2.45) is 0 Å². The molecule has 1 fully saturated rings. The van der Waals surface area contributed by atoms with E-state index in [1.54, 1.807) is 22.5 Å². The van der Waals surface area contributed by atoms with Crippen LogP contribution >= 0.6 is 0 Å². The van der Waals surface area contributed by atoms with Crippen LogP contribution in [0.3, 0.4) is 0 Å². The van der Waals surface area contributed by atoms with E-state index in [1.807, 2.05) is 44.2 Å². The Labute approximate surface area is 222 Å². The van der Waals surface area contributed by atoms with Gasteiger partial charge in [0.15, 0.2) is 11.8 Å². The molecule has 5 aromatic rings. The quantitative estimate of drug-likeness (QED) is 0.326. The van der Waals surface area contributed by atoms with Gasteiger partial charge in [0.05, 0.1) is 17.4 Å². The summed E-state index contributed by atoms with van der Waals surface area (Å²) in [6, 6.07) is 10.9. The fraction of sp³-hybridized carbons (Fsp3) is 0.296. The van der Waals surface area contributed by atoms with Crippen LogP contribution < -0.4 is 14.8 Å². The van der Waals surface area contributed by atoms with E-state index in [1.165, 1.54) is 19.0 Å². The summed E-state index contributed by atoms with van der Waals surface area (Å²) >= 11 is 0. The number of hydrogen-bond acceptors (Lipinski definition) is 9. The molecule has 1 aliphatic heterocycles. The third-order valence-electron chi connectivity index (χ3n) is 6.74. The molecule has 39 heavy (non-hydrogen) atoms. The summed E-state index contributed by atoms with van der Waals surface area (Å²) in [6.45, 7) is 3.93. The summed E-state index contributed by atoms with van der Waals surface area (Å²) in [5.74, 6) is -1.15. The third kappa shape index (κ3) is 4.90. The molecule has 0 saturated carbocycles. The Morgan fingerprint density at radius 3 is 2.69 bits per heavy atom. The SMILES string of the molecule is Cc1cc(Nc2ncnc3ccc(C)c(O[C@@H]4CCN(C)CC4(F)F)c23)ccc1Oc1cc2ncnn2cn1. The van der Waals surface area contributed by atoms with Gasteiger partial charge < -0.3 is 19.7 Å². The summed E-state index contributed by atoms with van der Waals surface area (Å²) in [5.41, 5.74) is 3.53. The number of fused-ring (bicyclic) bond motifs is 2. The highest BCUT2D eigenvalue weighted by atomic mass is 19.3. The Morgan fingerprint density at radius 2 is 1.87 bits per heavy atom. The molecule has 12 heteroatoms. The second-order valence-corrected chi connectivity index (χ2v) is 9.72. The van der Waals surface area contributed by atoms with E-state index in [0.717, 1.165) is 16.8 Å². The van der Waals surface area contributed by atoms with Crippen LogP contribution in [0.5, 0.6) is 17.4 Å². The maximum atomic E-state index is 14.8. The number of rotatable bonds is 6. The number of ether oxygens (including phenoxy) is 2. The number of piperidine rings is 1. The molecule has 2 aromatic carbocycles. The van der Waals surface area contributed by atoms with Gasteiger partial charge in [0.2, 0.25) is 5.88 Å². The van der Waals surface area contributed by atoms with Gasteiger partial charge in [-0.3, -0.25) is 0 Å². The molecule has 1 aliphatic rings. The number of alkyl halides is 2. The van der Waals surface area contributed by atoms with Gasteiger partial charge in [0.25, 0.3) is 5.92 Å². The van der Waals surface area contributed by atoms with E-state index in [4.69, 9.17) is 9.47 Å². The van der Waals surface area contributed by atoms with Crippen LogP contribution in [0.4, 0.5) is 20.3 Å². The van der Waals surface area contributed by atoms with E-state index >= 15 is 0 Å². The van der Waals surface area contributed by atoms with Crippen LogP contribution in [0.2, 0.25) is 0 Å². The minimum absolute atomic E-state index is 0.218. The fourth-order valence-electron chi connectivity index (χ4n) is 4.71. The van der Waals surface area contributed by atoms with Crippen molar-refractivity contribution in [1.29, 1.82) is 0 Å². The zero-order valence-corrected chi connectivity index (χ0v) is 21.6. The average Bonchev–Trinajstić information content (AvgIpc) is 3.36. The Kier molecular flexibility index (Phi) is 6.18. The Balaban J connectivity index is 1.29. The molecule has 0 unspecified atom stereocenters. The Bertz CT molecular complexity index is 1680. The standard InChI is InChI=1S/C27H26F2N8O2/c1-16-4-6-19-24(25(16)39-21-8-9-36(3)12-27(21,28)29)26(32-13-30-19)35-18-5-7-20(17(2)10-18)38-23-11-22-31-14-34-37(22)15-33-23/h4-7,10-11,13-15,21H,8-9,12H2,1-3H3,(H,30,32,35)/t21-/m1/s1. The highest BCUT2D eigenvalue weighted by molar-refractivity contribution is 5.96. The lowest BCUT2D eigenvalue weighted by molar-refractivity contribution is -0.134. The monoisotopic (exact) mass is 532 g/mol. The molecule has 200 valence electrons. The van der Waals surface area contributed by atoms with Crippen LogP contribution in [0.15, 0.2) is 55.4 Å². The summed E-state index contributed by atoms with van der Waals surface area (Å²) in [6.07, 6.45) is 3.39. The van der Waals surface area contributed by atoms with Crippen molar-refractivity contribution in [2.75, 3.05) is 25.5 Å². The average molecular weight is 533 g/mol. The number of aromatic nitrogens is 6. The maximum absolute atomic E-state index is 14.8. The van der Waals surface area contributed by atoms with Gasteiger partial charge in [-0.2, -0.15) is 5.10 Å². The van der Waals surface area contributed by atoms with Gasteiger partial charge in [-0.25, -0.2) is 33.2 Å². The summed E-state index contributed by atoms with van der Waals surface area (Å²) < 4.78 is 43.2. The van der Waals surface area contributed by atoms with Crippen LogP contribution in [0, 0.1) is 13.8 Å². The molecular weight excluding hydrogens is 506 g/mol. The molecule has 0 aliphatic carbocycles. The van der Waals surface area contributed by atoms with Gasteiger partial charge in [0.1, 0.15) is 36.3 Å². The lowest BCUT2D eigenvalue weighted by atomic mass is 10.0. The van der Waals surface area contributed by atoms with Crippen molar-refractivity contribution in [2.45, 2.75) is 32.3 Å². The smallest absolute Gasteiger partial charge is 0.296 e. The summed E-state index contributed by atoms with van der Waals surface area (Å²) in [4.78, 5) is 18.8. The van der Waals surface area contributed by atoms with Crippen molar-refractivity contribution >= 4 is 28.1 Å². The maximum Gasteiger partial charge on any atom is 0.296 e. The molecule has 0 bridgehead atoms. The normalized spacial score (nSPS) is 17.4. The lowest BCUT2D eigenvalue weighted by Gasteiger charge is -2.36. The lowest BCUT2D eigenvalue weighted by Crippen LogP contribution is -2.52. The van der Waals surface area contributed by atoms with Crippen molar-refractivity contribution < 1.29 is 18.3 Å². The van der Waals surface area contributed by atoms with Crippen LogP contribution in [-0.2, 0) is 0 Å². The predicted molar refractivity (Wildman–Crippen MR) is 141 cm³/mol. The van der Waals surface area contributed by atoms with E-state index in [-0.39, 0.29) is 13.0 Å². The molecule has 3 aromatic heterocycles. The molecule has 0 amide bonds. The van der Waals surface area contributed by atoms with Gasteiger partial charge in [-0.05, 0) is 56.3 Å². The fourth-order valence-corrected chi connectivity index (χ4v) is 4.71. The van der Waals surface area contributed by atoms with Crippen LogP contribution in [0.25, 0.3) is 16.6 Å². The van der Waals surface area contributed by atoms with Gasteiger partial charge in [-0.15, -0.1) is 0 Å². The van der Waals surface area contributed by atoms with E-state index < -0.39 is 12.0 Å². The number of hydrogen-bond donors (Lipinski definition) is 1. The highest BCUT2D eigenvalue weighted by Crippen LogP contribution is 2.39. The first kappa shape index (κ1) is 24.9. The number of anilines is 2. The second kappa shape index (κ2) is 9.70. The predicted octanol–water partition coefficient (Wildman–Crippen LogP) is 4.94. The van der Waals surface area contributed by atoms with Gasteiger partial charge >= 0.3 is 0 Å². The minimum Gasteiger partial charge on any atom is -0.483 e. The first-order chi connectivity index (χ1) is 18.8. The molecule has 0 radical (unpaired) electrons.